The molecule has 0 aliphatic rings. The van der Waals surface area contributed by atoms with E-state index in [4.69, 9.17) is 22.4 Å². The summed E-state index contributed by atoms with van der Waals surface area (Å²) in [4.78, 5) is 19.7. The van der Waals surface area contributed by atoms with Gasteiger partial charge in [-0.05, 0) is 19.3 Å². The smallest absolute Gasteiger partial charge is 0.403 e. The molecular formula is C10H20ClNO4. The molecule has 0 aliphatic heterocycles. The van der Waals surface area contributed by atoms with Crippen LogP contribution in [0.1, 0.15) is 33.6 Å². The number of aliphatic carboxylic acids is 1. The van der Waals surface area contributed by atoms with Crippen molar-refractivity contribution in [2.75, 3.05) is 6.61 Å². The predicted octanol–water partition coefficient (Wildman–Crippen LogP) is 2.22. The molecule has 16 heavy (non-hydrogen) atoms. The number of rotatable bonds is 5. The van der Waals surface area contributed by atoms with Gasteiger partial charge in [0.15, 0.2) is 0 Å². The Kier molecular flexibility index (Phi) is 11.8. The molecule has 0 aliphatic carbocycles. The van der Waals surface area contributed by atoms with Crippen LogP contribution in [0.3, 0.4) is 0 Å². The van der Waals surface area contributed by atoms with Crippen molar-refractivity contribution in [2.45, 2.75) is 39.7 Å². The van der Waals surface area contributed by atoms with Gasteiger partial charge in [-0.25, -0.2) is 4.79 Å². The highest BCUT2D eigenvalue weighted by Gasteiger charge is 2.08. The van der Waals surface area contributed by atoms with E-state index in [1.165, 1.54) is 0 Å². The number of hydrogen-bond donors (Lipinski definition) is 2. The molecule has 3 N–H and O–H groups in total. The lowest BCUT2D eigenvalue weighted by Crippen LogP contribution is -2.25. The minimum atomic E-state index is -0.812. The van der Waals surface area contributed by atoms with Gasteiger partial charge in [-0.1, -0.05) is 13.8 Å². The molecule has 0 saturated heterocycles. The van der Waals surface area contributed by atoms with E-state index in [9.17, 15) is 9.59 Å². The number of carbonyl (C=O) groups is 2. The standard InChI is InChI=1S/C7H15NO2.C3H5ClO2/c1-5(2)3-6(8)4-7(9)10;1-2-6-3(4)5/h5-6H,3-4,8H2,1-2H3,(H,9,10);2H2,1H3. The summed E-state index contributed by atoms with van der Waals surface area (Å²) in [7, 11) is 0. The first-order valence-corrected chi connectivity index (χ1v) is 5.47. The van der Waals surface area contributed by atoms with Crippen LogP contribution in [0.5, 0.6) is 0 Å². The van der Waals surface area contributed by atoms with Gasteiger partial charge in [-0.15, -0.1) is 0 Å². The summed E-state index contributed by atoms with van der Waals surface area (Å²) in [6.07, 6.45) is 0.866. The predicted molar refractivity (Wildman–Crippen MR) is 62.6 cm³/mol. The van der Waals surface area contributed by atoms with E-state index in [1.54, 1.807) is 6.92 Å². The first kappa shape index (κ1) is 17.6. The molecule has 0 bridgehead atoms. The third-order valence-electron chi connectivity index (χ3n) is 1.47. The Hall–Kier alpha value is -0.810. The first-order chi connectivity index (χ1) is 7.29. The number of hydrogen-bond acceptors (Lipinski definition) is 4. The molecule has 0 aromatic rings. The maximum Gasteiger partial charge on any atom is 0.403 e. The lowest BCUT2D eigenvalue weighted by molar-refractivity contribution is -0.137. The van der Waals surface area contributed by atoms with E-state index in [0.29, 0.717) is 12.5 Å². The summed E-state index contributed by atoms with van der Waals surface area (Å²) in [5, 5.41) is 8.32. The molecule has 0 heterocycles. The number of halogens is 1. The Morgan fingerprint density at radius 2 is 1.94 bits per heavy atom. The van der Waals surface area contributed by atoms with Crippen LogP contribution >= 0.6 is 11.6 Å². The summed E-state index contributed by atoms with van der Waals surface area (Å²) in [6.45, 7) is 6.10. The van der Waals surface area contributed by atoms with Crippen molar-refractivity contribution in [2.24, 2.45) is 11.7 Å². The second-order valence-corrected chi connectivity index (χ2v) is 3.97. The molecular weight excluding hydrogens is 234 g/mol. The molecule has 0 rings (SSSR count). The number of nitrogens with two attached hydrogens (primary N) is 1. The average molecular weight is 254 g/mol. The fourth-order valence-electron chi connectivity index (χ4n) is 1.03. The van der Waals surface area contributed by atoms with Crippen molar-refractivity contribution in [3.63, 3.8) is 0 Å². The van der Waals surface area contributed by atoms with Crippen LogP contribution in [0.4, 0.5) is 4.79 Å². The van der Waals surface area contributed by atoms with Crippen molar-refractivity contribution >= 4 is 23.0 Å². The average Bonchev–Trinajstić information content (AvgIpc) is 2.00. The van der Waals surface area contributed by atoms with Gasteiger partial charge in [0.25, 0.3) is 0 Å². The highest BCUT2D eigenvalue weighted by molar-refractivity contribution is 6.61. The highest BCUT2D eigenvalue weighted by Crippen LogP contribution is 2.04. The van der Waals surface area contributed by atoms with Crippen LogP contribution in [0.15, 0.2) is 0 Å². The van der Waals surface area contributed by atoms with Crippen molar-refractivity contribution in [3.8, 4) is 0 Å². The van der Waals surface area contributed by atoms with Crippen molar-refractivity contribution in [1.29, 1.82) is 0 Å². The van der Waals surface area contributed by atoms with Gasteiger partial charge >= 0.3 is 11.4 Å². The number of carbonyl (C=O) groups excluding carboxylic acids is 1. The summed E-state index contributed by atoms with van der Waals surface area (Å²) in [5.74, 6) is -0.331. The Bertz CT molecular complexity index is 209. The molecule has 0 amide bonds. The molecule has 0 saturated carbocycles. The van der Waals surface area contributed by atoms with Crippen LogP contribution in [-0.2, 0) is 9.53 Å². The molecule has 1 unspecified atom stereocenters. The summed E-state index contributed by atoms with van der Waals surface area (Å²) in [5.41, 5.74) is 4.76. The van der Waals surface area contributed by atoms with Gasteiger partial charge in [-0.2, -0.15) is 0 Å². The topological polar surface area (TPSA) is 89.6 Å². The van der Waals surface area contributed by atoms with Crippen LogP contribution < -0.4 is 5.73 Å². The van der Waals surface area contributed by atoms with Crippen LogP contribution in [0, 0.1) is 5.92 Å². The largest absolute Gasteiger partial charge is 0.481 e. The van der Waals surface area contributed by atoms with Crippen molar-refractivity contribution in [3.05, 3.63) is 0 Å². The quantitative estimate of drug-likeness (QED) is 0.733. The van der Waals surface area contributed by atoms with Gasteiger partial charge in [0.1, 0.15) is 0 Å². The zero-order valence-electron chi connectivity index (χ0n) is 9.90. The molecule has 1 atom stereocenters. The van der Waals surface area contributed by atoms with Gasteiger partial charge < -0.3 is 15.6 Å². The maximum absolute atomic E-state index is 10.1. The number of carboxylic acid groups (broad SMARTS) is 1. The van der Waals surface area contributed by atoms with E-state index in [1.807, 2.05) is 13.8 Å². The fourth-order valence-corrected chi connectivity index (χ4v) is 1.14. The van der Waals surface area contributed by atoms with Gasteiger partial charge in [0.05, 0.1) is 13.0 Å². The van der Waals surface area contributed by atoms with E-state index < -0.39 is 11.4 Å². The summed E-state index contributed by atoms with van der Waals surface area (Å²) >= 11 is 4.72. The van der Waals surface area contributed by atoms with Crippen LogP contribution in [-0.4, -0.2) is 29.2 Å². The lowest BCUT2D eigenvalue weighted by Gasteiger charge is -2.10. The van der Waals surface area contributed by atoms with E-state index in [2.05, 4.69) is 4.74 Å². The van der Waals surface area contributed by atoms with Crippen molar-refractivity contribution < 1.29 is 19.4 Å². The second kappa shape index (κ2) is 10.7. The normalized spacial score (nSPS) is 11.4. The zero-order valence-corrected chi connectivity index (χ0v) is 10.7. The molecule has 6 heteroatoms. The van der Waals surface area contributed by atoms with Gasteiger partial charge in [0.2, 0.25) is 0 Å². The third-order valence-corrected chi connectivity index (χ3v) is 1.58. The lowest BCUT2D eigenvalue weighted by atomic mass is 10.0. The van der Waals surface area contributed by atoms with E-state index in [0.717, 1.165) is 6.42 Å². The van der Waals surface area contributed by atoms with Gasteiger partial charge in [-0.3, -0.25) is 4.79 Å². The Balaban J connectivity index is 0. The summed E-state index contributed by atoms with van der Waals surface area (Å²) in [6, 6.07) is -0.183. The minimum absolute atomic E-state index is 0.0815. The SMILES string of the molecule is CC(C)CC(N)CC(=O)O.CCOC(=O)Cl. The monoisotopic (exact) mass is 253 g/mol. The number of ether oxygens (including phenoxy) is 1. The maximum atomic E-state index is 10.1. The Labute approximate surface area is 101 Å². The van der Waals surface area contributed by atoms with Gasteiger partial charge in [0, 0.05) is 17.6 Å². The van der Waals surface area contributed by atoms with Crippen LogP contribution in [0.2, 0.25) is 0 Å². The first-order valence-electron chi connectivity index (χ1n) is 5.09. The number of carboxylic acids is 1. The molecule has 0 radical (unpaired) electrons. The molecule has 96 valence electrons. The Morgan fingerprint density at radius 3 is 2.12 bits per heavy atom. The van der Waals surface area contributed by atoms with Crippen molar-refractivity contribution in [1.82, 2.24) is 0 Å². The van der Waals surface area contributed by atoms with E-state index in [-0.39, 0.29) is 12.5 Å². The zero-order chi connectivity index (χ0) is 13.1. The molecule has 0 aromatic heterocycles. The molecule has 0 fully saturated rings. The minimum Gasteiger partial charge on any atom is -0.481 e. The molecule has 5 nitrogen and oxygen atoms in total. The second-order valence-electron chi connectivity index (χ2n) is 3.66. The van der Waals surface area contributed by atoms with E-state index >= 15 is 0 Å². The molecule has 0 spiro atoms. The van der Waals surface area contributed by atoms with Crippen LogP contribution in [0.25, 0.3) is 0 Å². The Morgan fingerprint density at radius 1 is 1.44 bits per heavy atom. The third kappa shape index (κ3) is 18.9. The summed E-state index contributed by atoms with van der Waals surface area (Å²) < 4.78 is 4.17. The molecule has 0 aromatic carbocycles. The highest BCUT2D eigenvalue weighted by atomic mass is 35.5. The fraction of sp³-hybridized carbons (Fsp3) is 0.800.